The smallest absolute Gasteiger partial charge is 0.267 e. The number of rotatable bonds is 3. The summed E-state index contributed by atoms with van der Waals surface area (Å²) in [6.45, 7) is 2.66. The normalized spacial score (nSPS) is 18.4. The molecule has 0 N–H and O–H groups in total. The second-order valence-corrected chi connectivity index (χ2v) is 7.50. The lowest BCUT2D eigenvalue weighted by molar-refractivity contribution is 0.332. The Balaban J connectivity index is 1.45. The third-order valence-corrected chi connectivity index (χ3v) is 5.82. The number of anilines is 1. The second-order valence-electron chi connectivity index (χ2n) is 5.52. The lowest BCUT2D eigenvalue weighted by Crippen LogP contribution is -2.49. The molecule has 0 aliphatic carbocycles. The van der Waals surface area contributed by atoms with Gasteiger partial charge in [0, 0.05) is 48.8 Å². The van der Waals surface area contributed by atoms with Gasteiger partial charge < -0.3 is 4.90 Å². The van der Waals surface area contributed by atoms with E-state index in [0.29, 0.717) is 5.92 Å². The number of aromatic nitrogens is 3. The highest BCUT2D eigenvalue weighted by atomic mass is 32.2. The Kier molecular flexibility index (Phi) is 3.46. The van der Waals surface area contributed by atoms with E-state index in [-0.39, 0.29) is 5.56 Å². The third kappa shape index (κ3) is 2.60. The van der Waals surface area contributed by atoms with Gasteiger partial charge in [0.15, 0.2) is 5.13 Å². The predicted molar refractivity (Wildman–Crippen MR) is 86.2 cm³/mol. The van der Waals surface area contributed by atoms with Crippen LogP contribution in [0.25, 0.3) is 0 Å². The van der Waals surface area contributed by atoms with Crippen molar-refractivity contribution in [2.45, 2.75) is 18.7 Å². The van der Waals surface area contributed by atoms with Crippen LogP contribution < -0.4 is 10.5 Å². The second kappa shape index (κ2) is 5.46. The van der Waals surface area contributed by atoms with Gasteiger partial charge >= 0.3 is 0 Å². The average Bonchev–Trinajstić information content (AvgIpc) is 2.96. The fraction of sp³-hybridized carbons (Fsp3) is 0.500. The molecule has 0 amide bonds. The van der Waals surface area contributed by atoms with Gasteiger partial charge in [-0.3, -0.25) is 4.79 Å². The number of thioether (sulfide) groups is 1. The van der Waals surface area contributed by atoms with Crippen LogP contribution in [-0.4, -0.2) is 33.6 Å². The summed E-state index contributed by atoms with van der Waals surface area (Å²) in [4.78, 5) is 18.7. The van der Waals surface area contributed by atoms with Crippen LogP contribution in [-0.2, 0) is 18.7 Å². The summed E-state index contributed by atoms with van der Waals surface area (Å²) >= 11 is 3.55. The van der Waals surface area contributed by atoms with E-state index < -0.39 is 0 Å². The number of aryl methyl sites for hydroxylation is 1. The summed E-state index contributed by atoms with van der Waals surface area (Å²) in [7, 11) is 0. The van der Waals surface area contributed by atoms with Crippen molar-refractivity contribution in [3.05, 3.63) is 39.3 Å². The predicted octanol–water partition coefficient (Wildman–Crippen LogP) is 1.63. The molecular weight excluding hydrogens is 304 g/mol. The van der Waals surface area contributed by atoms with Crippen LogP contribution in [0.1, 0.15) is 11.3 Å². The Labute approximate surface area is 131 Å². The molecule has 7 heteroatoms. The molecule has 4 rings (SSSR count). The van der Waals surface area contributed by atoms with E-state index in [1.165, 1.54) is 0 Å². The molecule has 0 spiro atoms. The molecule has 2 aromatic rings. The first-order valence-electron chi connectivity index (χ1n) is 7.12. The zero-order chi connectivity index (χ0) is 14.2. The Bertz CT molecular complexity index is 691. The number of nitrogens with zero attached hydrogens (tertiary/aromatic N) is 4. The van der Waals surface area contributed by atoms with Gasteiger partial charge in [-0.05, 0) is 11.3 Å². The van der Waals surface area contributed by atoms with Gasteiger partial charge in [-0.25, -0.2) is 9.67 Å². The molecule has 0 unspecified atom stereocenters. The van der Waals surface area contributed by atoms with Crippen molar-refractivity contribution in [2.75, 3.05) is 23.7 Å². The number of thiazole rings is 1. The molecule has 2 aliphatic rings. The Morgan fingerprint density at radius 2 is 2.29 bits per heavy atom. The van der Waals surface area contributed by atoms with Crippen LogP contribution in [0.3, 0.4) is 0 Å². The van der Waals surface area contributed by atoms with Gasteiger partial charge in [0.25, 0.3) is 5.56 Å². The van der Waals surface area contributed by atoms with E-state index >= 15 is 0 Å². The monoisotopic (exact) mass is 320 g/mol. The maximum Gasteiger partial charge on any atom is 0.267 e. The van der Waals surface area contributed by atoms with Crippen LogP contribution in [0.5, 0.6) is 0 Å². The van der Waals surface area contributed by atoms with E-state index in [2.05, 4.69) is 15.0 Å². The molecule has 1 fully saturated rings. The van der Waals surface area contributed by atoms with Crippen molar-refractivity contribution in [2.24, 2.45) is 5.92 Å². The topological polar surface area (TPSA) is 51.0 Å². The Hall–Kier alpha value is -1.34. The highest BCUT2D eigenvalue weighted by Crippen LogP contribution is 2.27. The van der Waals surface area contributed by atoms with Gasteiger partial charge in [0.05, 0.1) is 12.2 Å². The van der Waals surface area contributed by atoms with Gasteiger partial charge in [0.1, 0.15) is 0 Å². The fourth-order valence-corrected chi connectivity index (χ4v) is 4.46. The zero-order valence-electron chi connectivity index (χ0n) is 11.6. The van der Waals surface area contributed by atoms with E-state index in [0.717, 1.165) is 53.9 Å². The molecule has 4 heterocycles. The minimum absolute atomic E-state index is 0.0453. The quantitative estimate of drug-likeness (QED) is 0.860. The average molecular weight is 320 g/mol. The van der Waals surface area contributed by atoms with Gasteiger partial charge in [-0.1, -0.05) is 0 Å². The molecule has 0 aromatic carbocycles. The minimum Gasteiger partial charge on any atom is -0.347 e. The fourth-order valence-electron chi connectivity index (χ4n) is 2.84. The van der Waals surface area contributed by atoms with E-state index in [1.54, 1.807) is 22.1 Å². The van der Waals surface area contributed by atoms with Crippen LogP contribution in [0.15, 0.2) is 22.4 Å². The third-order valence-electron chi connectivity index (χ3n) is 3.98. The number of fused-ring (bicyclic) bond motifs is 1. The summed E-state index contributed by atoms with van der Waals surface area (Å²) in [6.07, 6.45) is 2.82. The first-order valence-corrected chi connectivity index (χ1v) is 9.15. The van der Waals surface area contributed by atoms with Crippen molar-refractivity contribution >= 4 is 28.2 Å². The SMILES string of the molecule is O=c1cc2c(nn1CC1CN(c3nccs3)C1)CCSC2. The molecule has 5 nitrogen and oxygen atoms in total. The zero-order valence-corrected chi connectivity index (χ0v) is 13.2. The summed E-state index contributed by atoms with van der Waals surface area (Å²) in [5.41, 5.74) is 2.29. The maximum atomic E-state index is 12.1. The summed E-state index contributed by atoms with van der Waals surface area (Å²) in [6, 6.07) is 1.78. The lowest BCUT2D eigenvalue weighted by atomic mass is 10.0. The van der Waals surface area contributed by atoms with Crippen LogP contribution in [0.2, 0.25) is 0 Å². The Morgan fingerprint density at radius 3 is 3.10 bits per heavy atom. The van der Waals surface area contributed by atoms with Crippen molar-refractivity contribution < 1.29 is 0 Å². The van der Waals surface area contributed by atoms with Gasteiger partial charge in [-0.15, -0.1) is 11.3 Å². The molecule has 21 heavy (non-hydrogen) atoms. The van der Waals surface area contributed by atoms with Crippen LogP contribution in [0, 0.1) is 5.92 Å². The van der Waals surface area contributed by atoms with E-state index in [9.17, 15) is 4.79 Å². The lowest BCUT2D eigenvalue weighted by Gasteiger charge is -2.39. The summed E-state index contributed by atoms with van der Waals surface area (Å²) in [5, 5.41) is 7.66. The molecule has 0 radical (unpaired) electrons. The van der Waals surface area contributed by atoms with Gasteiger partial charge in [-0.2, -0.15) is 16.9 Å². The molecule has 110 valence electrons. The molecular formula is C14H16N4OS2. The van der Waals surface area contributed by atoms with Crippen molar-refractivity contribution in [3.63, 3.8) is 0 Å². The maximum absolute atomic E-state index is 12.1. The van der Waals surface area contributed by atoms with Crippen LogP contribution in [0.4, 0.5) is 5.13 Å². The molecule has 1 saturated heterocycles. The van der Waals surface area contributed by atoms with E-state index in [1.807, 2.05) is 23.3 Å². The first-order chi connectivity index (χ1) is 10.3. The highest BCUT2D eigenvalue weighted by molar-refractivity contribution is 7.98. The van der Waals surface area contributed by atoms with Crippen molar-refractivity contribution in [1.29, 1.82) is 0 Å². The molecule has 0 saturated carbocycles. The standard InChI is InChI=1S/C14H16N4OS2/c19-13-5-11-9-20-3-1-12(11)16-18(13)8-10-6-17(7-10)14-15-2-4-21-14/h2,4-5,10H,1,3,6-9H2. The van der Waals surface area contributed by atoms with Gasteiger partial charge in [0.2, 0.25) is 0 Å². The minimum atomic E-state index is 0.0453. The Morgan fingerprint density at radius 1 is 1.38 bits per heavy atom. The number of hydrogen-bond donors (Lipinski definition) is 0. The molecule has 0 bridgehead atoms. The highest BCUT2D eigenvalue weighted by Gasteiger charge is 2.29. The van der Waals surface area contributed by atoms with E-state index in [4.69, 9.17) is 0 Å². The number of hydrogen-bond acceptors (Lipinski definition) is 6. The first kappa shape index (κ1) is 13.3. The summed E-state index contributed by atoms with van der Waals surface area (Å²) in [5.74, 6) is 2.54. The van der Waals surface area contributed by atoms with Crippen molar-refractivity contribution in [3.8, 4) is 0 Å². The van der Waals surface area contributed by atoms with Crippen molar-refractivity contribution in [1.82, 2.24) is 14.8 Å². The largest absolute Gasteiger partial charge is 0.347 e. The molecule has 2 aromatic heterocycles. The molecule has 0 atom stereocenters. The van der Waals surface area contributed by atoms with Crippen LogP contribution >= 0.6 is 23.1 Å². The summed E-state index contributed by atoms with van der Waals surface area (Å²) < 4.78 is 1.67. The molecule has 2 aliphatic heterocycles.